The standard InChI is InChI=1S/C15H9BrClF3N6O/c16-8-2-4-11(9(6-8)13-23-25-26-24-13)21-14(27)22-12-3-1-7(5-10(12)17)15(18,19)20/h1-6H,(H2,21,22,27)(H,23,24,25,26). The van der Waals surface area contributed by atoms with E-state index in [9.17, 15) is 18.0 Å². The Labute approximate surface area is 163 Å². The van der Waals surface area contributed by atoms with Crippen molar-refractivity contribution in [1.29, 1.82) is 0 Å². The third-order valence-electron chi connectivity index (χ3n) is 3.36. The Morgan fingerprint density at radius 1 is 1.11 bits per heavy atom. The molecule has 3 aromatic rings. The van der Waals surface area contributed by atoms with Crippen LogP contribution in [-0.2, 0) is 6.18 Å². The molecule has 1 heterocycles. The molecule has 0 aliphatic carbocycles. The Morgan fingerprint density at radius 3 is 2.44 bits per heavy atom. The Bertz CT molecular complexity index is 980. The van der Waals surface area contributed by atoms with Crippen LogP contribution in [-0.4, -0.2) is 26.7 Å². The van der Waals surface area contributed by atoms with Gasteiger partial charge in [-0.05, 0) is 41.6 Å². The summed E-state index contributed by atoms with van der Waals surface area (Å²) in [6.45, 7) is 0. The number of carbonyl (C=O) groups excluding carboxylic acids is 1. The molecule has 0 saturated heterocycles. The van der Waals surface area contributed by atoms with Crippen LogP contribution in [0, 0.1) is 0 Å². The minimum Gasteiger partial charge on any atom is -0.307 e. The number of aromatic nitrogens is 4. The number of anilines is 2. The lowest BCUT2D eigenvalue weighted by atomic mass is 10.1. The van der Waals surface area contributed by atoms with Crippen molar-refractivity contribution in [3.05, 3.63) is 51.5 Å². The molecule has 0 spiro atoms. The third kappa shape index (κ3) is 4.55. The molecule has 0 unspecified atom stereocenters. The zero-order valence-corrected chi connectivity index (χ0v) is 15.4. The fourth-order valence-corrected chi connectivity index (χ4v) is 2.74. The van der Waals surface area contributed by atoms with Gasteiger partial charge in [0.25, 0.3) is 0 Å². The first-order valence-corrected chi connectivity index (χ1v) is 8.39. The first-order chi connectivity index (χ1) is 12.7. The van der Waals surface area contributed by atoms with E-state index in [1.807, 2.05) is 0 Å². The predicted octanol–water partition coefficient (Wildman–Crippen LogP) is 4.95. The highest BCUT2D eigenvalue weighted by molar-refractivity contribution is 9.10. The molecule has 3 N–H and O–H groups in total. The summed E-state index contributed by atoms with van der Waals surface area (Å²) in [5.41, 5.74) is -0.0434. The van der Waals surface area contributed by atoms with Crippen molar-refractivity contribution >= 4 is 44.9 Å². The van der Waals surface area contributed by atoms with Gasteiger partial charge in [-0.2, -0.15) is 18.4 Å². The molecule has 0 radical (unpaired) electrons. The smallest absolute Gasteiger partial charge is 0.307 e. The summed E-state index contributed by atoms with van der Waals surface area (Å²) in [6, 6.07) is 6.89. The van der Waals surface area contributed by atoms with Crippen molar-refractivity contribution < 1.29 is 18.0 Å². The quantitative estimate of drug-likeness (QED) is 0.514. The highest BCUT2D eigenvalue weighted by Gasteiger charge is 2.31. The molecule has 1 aromatic heterocycles. The van der Waals surface area contributed by atoms with E-state index in [1.165, 1.54) is 0 Å². The van der Waals surface area contributed by atoms with Crippen molar-refractivity contribution in [2.24, 2.45) is 0 Å². The molecule has 2 aromatic carbocycles. The van der Waals surface area contributed by atoms with Gasteiger partial charge in [0.05, 0.1) is 22.0 Å². The van der Waals surface area contributed by atoms with Crippen LogP contribution in [0.3, 0.4) is 0 Å². The molecule has 0 fully saturated rings. The SMILES string of the molecule is O=C(Nc1ccc(C(F)(F)F)cc1Cl)Nc1ccc(Br)cc1-c1nn[nH]n1. The highest BCUT2D eigenvalue weighted by atomic mass is 79.9. The van der Waals surface area contributed by atoms with Gasteiger partial charge in [-0.3, -0.25) is 0 Å². The summed E-state index contributed by atoms with van der Waals surface area (Å²) in [5.74, 6) is 0.249. The summed E-state index contributed by atoms with van der Waals surface area (Å²) in [6.07, 6.45) is -4.53. The lowest BCUT2D eigenvalue weighted by molar-refractivity contribution is -0.137. The van der Waals surface area contributed by atoms with Crippen molar-refractivity contribution in [2.45, 2.75) is 6.18 Å². The number of hydrogen-bond acceptors (Lipinski definition) is 4. The summed E-state index contributed by atoms with van der Waals surface area (Å²) < 4.78 is 38.8. The summed E-state index contributed by atoms with van der Waals surface area (Å²) in [4.78, 5) is 12.2. The minimum atomic E-state index is -4.53. The molecule has 0 saturated carbocycles. The molecule has 0 aliphatic heterocycles. The number of nitrogens with zero attached hydrogens (tertiary/aromatic N) is 3. The number of carbonyl (C=O) groups is 1. The average molecular weight is 462 g/mol. The van der Waals surface area contributed by atoms with Crippen LogP contribution < -0.4 is 10.6 Å². The van der Waals surface area contributed by atoms with Gasteiger partial charge in [-0.25, -0.2) is 4.79 Å². The van der Waals surface area contributed by atoms with E-state index < -0.39 is 17.8 Å². The molecular weight excluding hydrogens is 453 g/mol. The van der Waals surface area contributed by atoms with Crippen LogP contribution in [0.1, 0.15) is 5.56 Å². The topological polar surface area (TPSA) is 95.6 Å². The monoisotopic (exact) mass is 460 g/mol. The molecular formula is C15H9BrClF3N6O. The zero-order chi connectivity index (χ0) is 19.6. The minimum absolute atomic E-state index is 0.0281. The van der Waals surface area contributed by atoms with Crippen LogP contribution >= 0.6 is 27.5 Å². The first-order valence-electron chi connectivity index (χ1n) is 7.22. The molecule has 0 aliphatic rings. The van der Waals surface area contributed by atoms with Gasteiger partial charge in [0.2, 0.25) is 5.82 Å². The van der Waals surface area contributed by atoms with E-state index in [2.05, 4.69) is 47.2 Å². The second kappa shape index (κ2) is 7.53. The second-order valence-corrected chi connectivity index (χ2v) is 6.52. The van der Waals surface area contributed by atoms with Gasteiger partial charge in [0.1, 0.15) is 0 Å². The molecule has 12 heteroatoms. The van der Waals surface area contributed by atoms with Gasteiger partial charge < -0.3 is 10.6 Å². The van der Waals surface area contributed by atoms with E-state index in [4.69, 9.17) is 11.6 Å². The fraction of sp³-hybridized carbons (Fsp3) is 0.0667. The number of halogens is 5. The number of H-pyrrole nitrogens is 1. The maximum absolute atomic E-state index is 12.7. The zero-order valence-electron chi connectivity index (χ0n) is 13.1. The molecule has 27 heavy (non-hydrogen) atoms. The fourth-order valence-electron chi connectivity index (χ4n) is 2.16. The summed E-state index contributed by atoms with van der Waals surface area (Å²) >= 11 is 9.15. The number of benzene rings is 2. The number of aromatic amines is 1. The summed E-state index contributed by atoms with van der Waals surface area (Å²) in [5, 5.41) is 18.2. The lowest BCUT2D eigenvalue weighted by Crippen LogP contribution is -2.20. The number of hydrogen-bond donors (Lipinski definition) is 3. The Kier molecular flexibility index (Phi) is 5.33. The van der Waals surface area contributed by atoms with Gasteiger partial charge in [-0.15, -0.1) is 10.2 Å². The van der Waals surface area contributed by atoms with Crippen molar-refractivity contribution in [3.8, 4) is 11.4 Å². The summed E-state index contributed by atoms with van der Waals surface area (Å²) in [7, 11) is 0. The first kappa shape index (κ1) is 19.1. The number of amides is 2. The van der Waals surface area contributed by atoms with E-state index in [0.717, 1.165) is 22.7 Å². The number of alkyl halides is 3. The van der Waals surface area contributed by atoms with Gasteiger partial charge in [0, 0.05) is 10.0 Å². The molecule has 7 nitrogen and oxygen atoms in total. The number of rotatable bonds is 3. The highest BCUT2D eigenvalue weighted by Crippen LogP contribution is 2.34. The average Bonchev–Trinajstić information content (AvgIpc) is 3.11. The van der Waals surface area contributed by atoms with Gasteiger partial charge in [-0.1, -0.05) is 27.5 Å². The number of nitrogens with one attached hydrogen (secondary N) is 3. The van der Waals surface area contributed by atoms with Crippen LogP contribution in [0.25, 0.3) is 11.4 Å². The maximum Gasteiger partial charge on any atom is 0.416 e. The Hall–Kier alpha value is -2.66. The van der Waals surface area contributed by atoms with Crippen LogP contribution in [0.5, 0.6) is 0 Å². The number of tetrazole rings is 1. The lowest BCUT2D eigenvalue weighted by Gasteiger charge is -2.13. The molecule has 140 valence electrons. The van der Waals surface area contributed by atoms with Crippen molar-refractivity contribution in [1.82, 2.24) is 20.6 Å². The Morgan fingerprint density at radius 2 is 1.81 bits per heavy atom. The van der Waals surface area contributed by atoms with Crippen molar-refractivity contribution in [3.63, 3.8) is 0 Å². The van der Waals surface area contributed by atoms with E-state index >= 15 is 0 Å². The Balaban J connectivity index is 1.79. The van der Waals surface area contributed by atoms with E-state index in [1.54, 1.807) is 18.2 Å². The molecule has 0 bridgehead atoms. The molecule has 0 atom stereocenters. The molecule has 2 amide bonds. The van der Waals surface area contributed by atoms with Gasteiger partial charge >= 0.3 is 12.2 Å². The maximum atomic E-state index is 12.7. The number of urea groups is 1. The van der Waals surface area contributed by atoms with Crippen LogP contribution in [0.2, 0.25) is 5.02 Å². The largest absolute Gasteiger partial charge is 0.416 e. The van der Waals surface area contributed by atoms with Crippen LogP contribution in [0.15, 0.2) is 40.9 Å². The van der Waals surface area contributed by atoms with Crippen molar-refractivity contribution in [2.75, 3.05) is 10.6 Å². The van der Waals surface area contributed by atoms with E-state index in [0.29, 0.717) is 11.3 Å². The predicted molar refractivity (Wildman–Crippen MR) is 96.4 cm³/mol. The van der Waals surface area contributed by atoms with Crippen LogP contribution in [0.4, 0.5) is 29.3 Å². The van der Waals surface area contributed by atoms with E-state index in [-0.39, 0.29) is 16.5 Å². The van der Waals surface area contributed by atoms with Gasteiger partial charge in [0.15, 0.2) is 0 Å². The third-order valence-corrected chi connectivity index (χ3v) is 4.17. The normalized spacial score (nSPS) is 11.3. The molecule has 3 rings (SSSR count). The second-order valence-electron chi connectivity index (χ2n) is 5.20.